The highest BCUT2D eigenvalue weighted by Gasteiger charge is 2.16. The molecule has 3 aromatic rings. The summed E-state index contributed by atoms with van der Waals surface area (Å²) < 4.78 is 43.4. The number of carbonyl (C=O) groups excluding carboxylic acids is 1. The molecule has 1 aliphatic rings. The fraction of sp³-hybridized carbons (Fsp3) is 0.227. The van der Waals surface area contributed by atoms with Crippen LogP contribution < -0.4 is 19.5 Å². The maximum Gasteiger partial charge on any atom is 0.251 e. The van der Waals surface area contributed by atoms with Crippen LogP contribution in [0.4, 0.5) is 0 Å². The van der Waals surface area contributed by atoms with Crippen LogP contribution in [-0.4, -0.2) is 34.1 Å². The molecule has 1 amide bonds. The standard InChI is InChI=1S/C22H22N2O6S/c25-22(23-10-9-16-3-8-20-21(14-16)30-13-12-29-20)17-4-6-19(7-5-17)31(26,27)24-15-18-2-1-11-28-18/h1-8,11,14,24H,9-10,12-13,15H2,(H,23,25). The molecule has 2 aromatic carbocycles. The summed E-state index contributed by atoms with van der Waals surface area (Å²) in [5.41, 5.74) is 1.40. The summed E-state index contributed by atoms with van der Waals surface area (Å²) in [5.74, 6) is 1.68. The zero-order valence-electron chi connectivity index (χ0n) is 16.7. The predicted octanol–water partition coefficient (Wildman–Crippen LogP) is 2.50. The van der Waals surface area contributed by atoms with Crippen molar-refractivity contribution < 1.29 is 27.1 Å². The van der Waals surface area contributed by atoms with Crippen LogP contribution in [0.5, 0.6) is 11.5 Å². The lowest BCUT2D eigenvalue weighted by atomic mass is 10.1. The second kappa shape index (κ2) is 9.23. The molecule has 0 fully saturated rings. The summed E-state index contributed by atoms with van der Waals surface area (Å²) in [4.78, 5) is 12.5. The Morgan fingerprint density at radius 2 is 1.74 bits per heavy atom. The average Bonchev–Trinajstić information content (AvgIpc) is 3.32. The summed E-state index contributed by atoms with van der Waals surface area (Å²) >= 11 is 0. The highest BCUT2D eigenvalue weighted by molar-refractivity contribution is 7.89. The van der Waals surface area contributed by atoms with Crippen molar-refractivity contribution in [3.63, 3.8) is 0 Å². The van der Waals surface area contributed by atoms with Crippen LogP contribution in [0.25, 0.3) is 0 Å². The average molecular weight is 442 g/mol. The second-order valence-electron chi connectivity index (χ2n) is 6.91. The van der Waals surface area contributed by atoms with E-state index in [-0.39, 0.29) is 17.3 Å². The second-order valence-corrected chi connectivity index (χ2v) is 8.68. The number of amides is 1. The van der Waals surface area contributed by atoms with Crippen LogP contribution in [0.15, 0.2) is 70.2 Å². The Kier molecular flexibility index (Phi) is 6.24. The molecular weight excluding hydrogens is 420 g/mol. The van der Waals surface area contributed by atoms with Gasteiger partial charge in [-0.15, -0.1) is 0 Å². The summed E-state index contributed by atoms with van der Waals surface area (Å²) in [6.45, 7) is 1.56. The van der Waals surface area contributed by atoms with E-state index in [4.69, 9.17) is 13.9 Å². The molecule has 1 aliphatic heterocycles. The molecule has 2 heterocycles. The van der Waals surface area contributed by atoms with Crippen molar-refractivity contribution in [1.29, 1.82) is 0 Å². The van der Waals surface area contributed by atoms with Gasteiger partial charge in [0.05, 0.1) is 17.7 Å². The maximum atomic E-state index is 12.4. The normalized spacial score (nSPS) is 13.0. The van der Waals surface area contributed by atoms with Gasteiger partial charge in [0, 0.05) is 12.1 Å². The molecule has 0 spiro atoms. The number of benzene rings is 2. The smallest absolute Gasteiger partial charge is 0.251 e. The molecule has 8 nitrogen and oxygen atoms in total. The van der Waals surface area contributed by atoms with Crippen LogP contribution in [-0.2, 0) is 23.0 Å². The van der Waals surface area contributed by atoms with Gasteiger partial charge in [-0.1, -0.05) is 6.07 Å². The van der Waals surface area contributed by atoms with Crippen LogP contribution >= 0.6 is 0 Å². The molecule has 1 aromatic heterocycles. The van der Waals surface area contributed by atoms with Crippen LogP contribution in [0.3, 0.4) is 0 Å². The minimum atomic E-state index is -3.70. The number of rotatable bonds is 8. The van der Waals surface area contributed by atoms with Crippen molar-refractivity contribution in [2.75, 3.05) is 19.8 Å². The molecule has 2 N–H and O–H groups in total. The van der Waals surface area contributed by atoms with E-state index < -0.39 is 10.0 Å². The molecule has 0 radical (unpaired) electrons. The van der Waals surface area contributed by atoms with Gasteiger partial charge >= 0.3 is 0 Å². The monoisotopic (exact) mass is 442 g/mol. The third-order valence-electron chi connectivity index (χ3n) is 4.75. The van der Waals surface area contributed by atoms with Gasteiger partial charge in [0.1, 0.15) is 19.0 Å². The van der Waals surface area contributed by atoms with Crippen molar-refractivity contribution in [3.05, 3.63) is 77.7 Å². The van der Waals surface area contributed by atoms with E-state index in [2.05, 4.69) is 10.0 Å². The first-order valence-electron chi connectivity index (χ1n) is 9.80. The van der Waals surface area contributed by atoms with Crippen molar-refractivity contribution >= 4 is 15.9 Å². The highest BCUT2D eigenvalue weighted by atomic mass is 32.2. The van der Waals surface area contributed by atoms with Crippen LogP contribution in [0, 0.1) is 0 Å². The van der Waals surface area contributed by atoms with E-state index in [0.29, 0.717) is 43.3 Å². The van der Waals surface area contributed by atoms with E-state index in [1.54, 1.807) is 12.1 Å². The van der Waals surface area contributed by atoms with Crippen molar-refractivity contribution in [2.45, 2.75) is 17.9 Å². The SMILES string of the molecule is O=C(NCCc1ccc2c(c1)OCCO2)c1ccc(S(=O)(=O)NCc2ccco2)cc1. The fourth-order valence-electron chi connectivity index (χ4n) is 3.11. The molecule has 0 saturated heterocycles. The van der Waals surface area contributed by atoms with Gasteiger partial charge in [-0.25, -0.2) is 13.1 Å². The van der Waals surface area contributed by atoms with E-state index in [1.165, 1.54) is 30.5 Å². The Labute approximate surface area is 180 Å². The molecule has 0 aliphatic carbocycles. The predicted molar refractivity (Wildman–Crippen MR) is 113 cm³/mol. The molecule has 9 heteroatoms. The Morgan fingerprint density at radius 1 is 0.968 bits per heavy atom. The maximum absolute atomic E-state index is 12.4. The summed E-state index contributed by atoms with van der Waals surface area (Å²) in [6.07, 6.45) is 2.11. The lowest BCUT2D eigenvalue weighted by Gasteiger charge is -2.18. The number of fused-ring (bicyclic) bond motifs is 1. The third kappa shape index (κ3) is 5.25. The zero-order chi connectivity index (χ0) is 21.7. The largest absolute Gasteiger partial charge is 0.486 e. The Morgan fingerprint density at radius 3 is 2.48 bits per heavy atom. The fourth-order valence-corrected chi connectivity index (χ4v) is 4.11. The van der Waals surface area contributed by atoms with Gasteiger partial charge in [-0.2, -0.15) is 0 Å². The minimum absolute atomic E-state index is 0.0530. The van der Waals surface area contributed by atoms with E-state index >= 15 is 0 Å². The quantitative estimate of drug-likeness (QED) is 0.555. The minimum Gasteiger partial charge on any atom is -0.486 e. The molecular formula is C22H22N2O6S. The first kappa shape index (κ1) is 21.0. The molecule has 0 unspecified atom stereocenters. The lowest BCUT2D eigenvalue weighted by Crippen LogP contribution is -2.26. The number of hydrogen-bond acceptors (Lipinski definition) is 6. The third-order valence-corrected chi connectivity index (χ3v) is 6.17. The molecule has 162 valence electrons. The first-order chi connectivity index (χ1) is 15.0. The molecule has 0 bridgehead atoms. The zero-order valence-corrected chi connectivity index (χ0v) is 17.5. The van der Waals surface area contributed by atoms with Gasteiger partial charge in [-0.05, 0) is 60.5 Å². The summed E-state index contributed by atoms with van der Waals surface area (Å²) in [6, 6.07) is 14.9. The van der Waals surface area contributed by atoms with Crippen LogP contribution in [0.2, 0.25) is 0 Å². The molecule has 0 saturated carbocycles. The summed E-state index contributed by atoms with van der Waals surface area (Å²) in [5, 5.41) is 2.84. The first-order valence-corrected chi connectivity index (χ1v) is 11.3. The van der Waals surface area contributed by atoms with E-state index in [0.717, 1.165) is 11.3 Å². The van der Waals surface area contributed by atoms with Gasteiger partial charge in [0.15, 0.2) is 11.5 Å². The number of furan rings is 1. The number of nitrogens with one attached hydrogen (secondary N) is 2. The molecule has 4 rings (SSSR count). The topological polar surface area (TPSA) is 107 Å². The van der Waals surface area contributed by atoms with Gasteiger partial charge in [-0.3, -0.25) is 4.79 Å². The Hall–Kier alpha value is -3.30. The van der Waals surface area contributed by atoms with E-state index in [1.807, 2.05) is 18.2 Å². The van der Waals surface area contributed by atoms with Gasteiger partial charge in [0.25, 0.3) is 5.91 Å². The number of sulfonamides is 1. The van der Waals surface area contributed by atoms with Gasteiger partial charge < -0.3 is 19.2 Å². The van der Waals surface area contributed by atoms with Crippen molar-refractivity contribution in [2.24, 2.45) is 0 Å². The van der Waals surface area contributed by atoms with Crippen LogP contribution in [0.1, 0.15) is 21.7 Å². The Bertz CT molecular complexity index is 1140. The summed E-state index contributed by atoms with van der Waals surface area (Å²) in [7, 11) is -3.70. The van der Waals surface area contributed by atoms with Crippen molar-refractivity contribution in [3.8, 4) is 11.5 Å². The van der Waals surface area contributed by atoms with E-state index in [9.17, 15) is 13.2 Å². The number of hydrogen-bond donors (Lipinski definition) is 2. The highest BCUT2D eigenvalue weighted by Crippen LogP contribution is 2.30. The van der Waals surface area contributed by atoms with Crippen molar-refractivity contribution in [1.82, 2.24) is 10.0 Å². The number of ether oxygens (including phenoxy) is 2. The molecule has 31 heavy (non-hydrogen) atoms. The Balaban J connectivity index is 1.30. The number of carbonyl (C=O) groups is 1. The van der Waals surface area contributed by atoms with Gasteiger partial charge in [0.2, 0.25) is 10.0 Å². The lowest BCUT2D eigenvalue weighted by molar-refractivity contribution is 0.0954. The molecule has 0 atom stereocenters.